The summed E-state index contributed by atoms with van der Waals surface area (Å²) < 4.78 is 0. The molecule has 4 aliphatic heterocycles. The van der Waals surface area contributed by atoms with Crippen molar-refractivity contribution in [3.8, 4) is 0 Å². The molecule has 0 amide bonds. The van der Waals surface area contributed by atoms with E-state index in [-0.39, 0.29) is 5.54 Å². The second-order valence-corrected chi connectivity index (χ2v) is 5.67. The van der Waals surface area contributed by atoms with Gasteiger partial charge < -0.3 is 0 Å². The van der Waals surface area contributed by atoms with E-state index in [0.717, 1.165) is 45.2 Å². The van der Waals surface area contributed by atoms with Gasteiger partial charge in [-0.25, -0.2) is 0 Å². The Morgan fingerprint density at radius 2 is 1.56 bits per heavy atom. The van der Waals surface area contributed by atoms with E-state index in [0.29, 0.717) is 0 Å². The molecule has 0 aromatic carbocycles. The molecule has 0 atom stereocenters. The average Bonchev–Trinajstić information content (AvgIpc) is 2.36. The number of pyridine rings is 1. The molecule has 18 heavy (non-hydrogen) atoms. The summed E-state index contributed by atoms with van der Waals surface area (Å²) in [4.78, 5) is 16.4. The number of nitrogens with zero attached hydrogens (tertiary/aromatic N) is 5. The third-order valence-electron chi connectivity index (χ3n) is 3.95. The predicted octanol–water partition coefficient (Wildman–Crippen LogP) is 0.0586. The van der Waals surface area contributed by atoms with Crippen LogP contribution < -0.4 is 0 Å². The van der Waals surface area contributed by atoms with Gasteiger partial charge in [-0.1, -0.05) is 0 Å². The fourth-order valence-electron chi connectivity index (χ4n) is 3.46. The molecule has 0 spiro atoms. The van der Waals surface area contributed by atoms with Crippen LogP contribution in [-0.2, 0) is 0 Å². The van der Waals surface area contributed by atoms with Gasteiger partial charge >= 0.3 is 0 Å². The maximum absolute atomic E-state index is 4.91. The molecule has 5 rings (SSSR count). The molecule has 4 saturated heterocycles. The van der Waals surface area contributed by atoms with Crippen molar-refractivity contribution >= 4 is 6.21 Å². The Morgan fingerprint density at radius 3 is 2.11 bits per heavy atom. The van der Waals surface area contributed by atoms with Crippen LogP contribution in [0.2, 0.25) is 0 Å². The summed E-state index contributed by atoms with van der Waals surface area (Å²) in [5.41, 5.74) is 1.22. The molecule has 1 aromatic heterocycles. The van der Waals surface area contributed by atoms with Crippen LogP contribution in [0.5, 0.6) is 0 Å². The van der Waals surface area contributed by atoms with Gasteiger partial charge in [0.15, 0.2) is 0 Å². The van der Waals surface area contributed by atoms with Crippen LogP contribution >= 0.6 is 0 Å². The highest BCUT2D eigenvalue weighted by Gasteiger charge is 2.48. The van der Waals surface area contributed by atoms with Gasteiger partial charge in [0.2, 0.25) is 0 Å². The molecule has 4 aliphatic rings. The lowest BCUT2D eigenvalue weighted by Crippen LogP contribution is -2.75. The molecule has 5 heterocycles. The number of hydrogen-bond donors (Lipinski definition) is 0. The molecule has 0 radical (unpaired) electrons. The third kappa shape index (κ3) is 1.75. The summed E-state index contributed by atoms with van der Waals surface area (Å²) >= 11 is 0. The molecule has 4 bridgehead atoms. The zero-order valence-electron chi connectivity index (χ0n) is 10.4. The summed E-state index contributed by atoms with van der Waals surface area (Å²) in [6.45, 7) is 6.64. The molecule has 0 N–H and O–H groups in total. The molecule has 0 saturated carbocycles. The summed E-state index contributed by atoms with van der Waals surface area (Å²) in [5, 5.41) is 0. The number of aromatic nitrogens is 1. The van der Waals surface area contributed by atoms with Gasteiger partial charge in [0.05, 0.1) is 25.5 Å². The van der Waals surface area contributed by atoms with Gasteiger partial charge in [-0.2, -0.15) is 0 Å². The molecule has 0 unspecified atom stereocenters. The average molecular weight is 243 g/mol. The van der Waals surface area contributed by atoms with Crippen molar-refractivity contribution in [3.05, 3.63) is 30.1 Å². The van der Waals surface area contributed by atoms with Crippen molar-refractivity contribution in [2.75, 3.05) is 39.6 Å². The summed E-state index contributed by atoms with van der Waals surface area (Å²) in [5.74, 6) is 0. The topological polar surface area (TPSA) is 35.0 Å². The summed E-state index contributed by atoms with van der Waals surface area (Å²) in [7, 11) is 0. The lowest BCUT2D eigenvalue weighted by Gasteiger charge is -2.59. The minimum Gasteiger partial charge on any atom is -0.282 e. The normalized spacial score (nSPS) is 41.7. The Hall–Kier alpha value is -1.30. The number of aliphatic imine (C=N–C) groups is 1. The van der Waals surface area contributed by atoms with E-state index in [2.05, 4.69) is 19.7 Å². The zero-order valence-corrected chi connectivity index (χ0v) is 10.4. The van der Waals surface area contributed by atoms with Crippen LogP contribution in [0.1, 0.15) is 5.56 Å². The van der Waals surface area contributed by atoms with Crippen molar-refractivity contribution < 1.29 is 0 Å². The molecule has 1 aromatic rings. The van der Waals surface area contributed by atoms with Gasteiger partial charge in [0.1, 0.15) is 0 Å². The molecule has 94 valence electrons. The Morgan fingerprint density at radius 1 is 1.00 bits per heavy atom. The Labute approximate surface area is 107 Å². The van der Waals surface area contributed by atoms with Crippen LogP contribution in [0.15, 0.2) is 29.5 Å². The van der Waals surface area contributed by atoms with Crippen molar-refractivity contribution in [1.29, 1.82) is 0 Å². The SMILES string of the molecule is C(=NC12CN3CN(CN(C3)C1)C2)c1ccncc1. The molecular weight excluding hydrogens is 226 g/mol. The van der Waals surface area contributed by atoms with Crippen LogP contribution in [0.4, 0.5) is 0 Å². The van der Waals surface area contributed by atoms with Crippen molar-refractivity contribution in [2.45, 2.75) is 5.54 Å². The van der Waals surface area contributed by atoms with Crippen LogP contribution in [0.3, 0.4) is 0 Å². The smallest absolute Gasteiger partial charge is 0.0989 e. The second-order valence-electron chi connectivity index (χ2n) is 5.67. The van der Waals surface area contributed by atoms with E-state index in [1.807, 2.05) is 30.7 Å². The minimum absolute atomic E-state index is 0.0814. The largest absolute Gasteiger partial charge is 0.282 e. The number of rotatable bonds is 2. The van der Waals surface area contributed by atoms with Gasteiger partial charge in [-0.3, -0.25) is 24.7 Å². The first-order valence-electron chi connectivity index (χ1n) is 6.44. The lowest BCUT2D eigenvalue weighted by atomic mass is 9.92. The Balaban J connectivity index is 1.59. The lowest BCUT2D eigenvalue weighted by molar-refractivity contribution is -0.139. The fourth-order valence-corrected chi connectivity index (χ4v) is 3.46. The first-order valence-corrected chi connectivity index (χ1v) is 6.44. The fraction of sp³-hybridized carbons (Fsp3) is 0.538. The maximum atomic E-state index is 4.91. The van der Waals surface area contributed by atoms with E-state index in [9.17, 15) is 0 Å². The molecule has 4 fully saturated rings. The van der Waals surface area contributed by atoms with E-state index in [1.54, 1.807) is 0 Å². The Bertz CT molecular complexity index is 434. The quantitative estimate of drug-likeness (QED) is 0.688. The monoisotopic (exact) mass is 243 g/mol. The second kappa shape index (κ2) is 3.85. The third-order valence-corrected chi connectivity index (χ3v) is 3.95. The first kappa shape index (κ1) is 10.6. The van der Waals surface area contributed by atoms with Crippen molar-refractivity contribution in [2.24, 2.45) is 4.99 Å². The first-order chi connectivity index (χ1) is 8.81. The summed E-state index contributed by atoms with van der Waals surface area (Å²) in [6, 6.07) is 4.01. The van der Waals surface area contributed by atoms with E-state index in [4.69, 9.17) is 4.99 Å². The highest BCUT2D eigenvalue weighted by atomic mass is 15.6. The molecule has 5 nitrogen and oxygen atoms in total. The Kier molecular flexibility index (Phi) is 2.27. The van der Waals surface area contributed by atoms with Crippen molar-refractivity contribution in [3.63, 3.8) is 0 Å². The van der Waals surface area contributed by atoms with E-state index >= 15 is 0 Å². The molecular formula is C13H17N5. The molecule has 0 aliphatic carbocycles. The van der Waals surface area contributed by atoms with Gasteiger partial charge in [-0.15, -0.1) is 0 Å². The highest BCUT2D eigenvalue weighted by molar-refractivity contribution is 5.79. The van der Waals surface area contributed by atoms with Crippen LogP contribution in [0.25, 0.3) is 0 Å². The van der Waals surface area contributed by atoms with Gasteiger partial charge in [-0.05, 0) is 17.7 Å². The van der Waals surface area contributed by atoms with Crippen LogP contribution in [-0.4, -0.2) is 71.1 Å². The van der Waals surface area contributed by atoms with Crippen LogP contribution in [0, 0.1) is 0 Å². The summed E-state index contributed by atoms with van der Waals surface area (Å²) in [6.07, 6.45) is 5.65. The molecule has 5 heteroatoms. The zero-order chi connectivity index (χ0) is 12.0. The highest BCUT2D eigenvalue weighted by Crippen LogP contribution is 2.31. The van der Waals surface area contributed by atoms with E-state index < -0.39 is 0 Å². The van der Waals surface area contributed by atoms with Gasteiger partial charge in [0, 0.05) is 38.2 Å². The van der Waals surface area contributed by atoms with Crippen molar-refractivity contribution in [1.82, 2.24) is 19.7 Å². The standard InChI is InChI=1S/C13H17N5/c1-3-14-4-2-12(1)5-15-13-6-16-9-17(7-13)11-18(8-13)10-16/h1-5H,6-11H2. The van der Waals surface area contributed by atoms with Gasteiger partial charge in [0.25, 0.3) is 0 Å². The number of hydrogen-bond acceptors (Lipinski definition) is 5. The minimum atomic E-state index is 0.0814. The van der Waals surface area contributed by atoms with E-state index in [1.165, 1.54) is 0 Å². The predicted molar refractivity (Wildman–Crippen MR) is 69.3 cm³/mol. The maximum Gasteiger partial charge on any atom is 0.0989 e.